The maximum atomic E-state index is 17.9. The molecule has 0 spiro atoms. The SMILES string of the molecule is CC[C@H]1OC(=O)[C@H](C)[C@@H](O)[C@H](C)[C@@H](O)[C@](C)(O)C[C@@H](C)CN(CCCN(CCC(=O)O[C@]2(C(=O)OC)[C@H](C)CC3C4CC(F)=C5CC(=O)C=C[C@]5(C)[C@@]4(F)[C@@H](O)C[C@@]32C)C(C)C)[C@H](C)[C@@H](O)[C@]1(C)O. The van der Waals surface area contributed by atoms with E-state index in [1.54, 1.807) is 34.6 Å². The molecular weight excluding hydrogens is 899 g/mol. The summed E-state index contributed by atoms with van der Waals surface area (Å²) in [4.78, 5) is 58.0. The zero-order valence-corrected chi connectivity index (χ0v) is 43.3. The summed E-state index contributed by atoms with van der Waals surface area (Å²) < 4.78 is 51.4. The standard InChI is InChI=1S/C52H84F2N2O13/c1-14-40-50(12,66)44(62)33(8)56(27-29(4)25-49(11,65)43(61)31(6)42(60)32(7)45(63)68-40)20-15-19-55(28(2)3)21-17-41(59)69-52(46(64)67-13)30(5)22-35-36-24-38(53)37-23-34(57)16-18-47(37,9)51(36,54)39(58)26-48(35,52)10/h16,18,28-33,35-36,39-40,42-44,58,60-62,65-66H,14-15,17,19-27H2,1-13H3/t29-,30-,31+,32-,33-,35?,36?,39+,40-,42+,43-,44-,47+,48+,49-,50-,51+,52+/m1/s1. The van der Waals surface area contributed by atoms with Crippen molar-refractivity contribution in [2.24, 2.45) is 46.3 Å². The molecule has 15 nitrogen and oxygen atoms in total. The highest BCUT2D eigenvalue weighted by molar-refractivity contribution is 5.94. The number of halogens is 2. The molecule has 1 heterocycles. The van der Waals surface area contributed by atoms with Gasteiger partial charge >= 0.3 is 17.9 Å². The van der Waals surface area contributed by atoms with Gasteiger partial charge in [-0.25, -0.2) is 13.6 Å². The first-order valence-corrected chi connectivity index (χ1v) is 25.3. The van der Waals surface area contributed by atoms with Crippen LogP contribution in [0.15, 0.2) is 23.6 Å². The van der Waals surface area contributed by atoms with Crippen LogP contribution < -0.4 is 0 Å². The third kappa shape index (κ3) is 9.99. The summed E-state index contributed by atoms with van der Waals surface area (Å²) in [5.41, 5.74) is -10.8. The Morgan fingerprint density at radius 2 is 1.61 bits per heavy atom. The number of ether oxygens (including phenoxy) is 3. The number of alkyl halides is 1. The smallest absolute Gasteiger partial charge is 0.351 e. The van der Waals surface area contributed by atoms with Gasteiger partial charge in [-0.1, -0.05) is 40.7 Å². The second-order valence-electron chi connectivity index (χ2n) is 22.9. The fraction of sp³-hybridized carbons (Fsp3) is 0.846. The van der Waals surface area contributed by atoms with E-state index in [4.69, 9.17) is 14.2 Å². The number of carbonyl (C=O) groups is 4. The first-order chi connectivity index (χ1) is 31.8. The van der Waals surface area contributed by atoms with E-state index in [2.05, 4.69) is 4.90 Å². The van der Waals surface area contributed by atoms with E-state index in [1.165, 1.54) is 47.0 Å². The highest BCUT2D eigenvalue weighted by atomic mass is 19.1. The summed E-state index contributed by atoms with van der Waals surface area (Å²) in [5, 5.41) is 69.6. The van der Waals surface area contributed by atoms with Gasteiger partial charge in [-0.05, 0) is 117 Å². The summed E-state index contributed by atoms with van der Waals surface area (Å²) in [6.45, 7) is 21.5. The minimum Gasteiger partial charge on any atom is -0.466 e. The number of ketones is 1. The summed E-state index contributed by atoms with van der Waals surface area (Å²) in [6.07, 6.45) is -4.62. The van der Waals surface area contributed by atoms with Crippen molar-refractivity contribution in [2.75, 3.05) is 33.3 Å². The number of rotatable bonds is 11. The van der Waals surface area contributed by atoms with E-state index in [0.29, 0.717) is 26.1 Å². The van der Waals surface area contributed by atoms with Gasteiger partial charge in [0.2, 0.25) is 5.60 Å². The number of methoxy groups -OCH3 is 1. The van der Waals surface area contributed by atoms with Crippen molar-refractivity contribution < 1.29 is 72.8 Å². The predicted molar refractivity (Wildman–Crippen MR) is 252 cm³/mol. The molecule has 394 valence electrons. The molecule has 1 aliphatic heterocycles. The Balaban J connectivity index is 1.34. The first-order valence-electron chi connectivity index (χ1n) is 25.3. The largest absolute Gasteiger partial charge is 0.466 e. The Bertz CT molecular complexity index is 1960. The third-order valence-corrected chi connectivity index (χ3v) is 18.0. The minimum absolute atomic E-state index is 0.0257. The van der Waals surface area contributed by atoms with Gasteiger partial charge in [0.25, 0.3) is 0 Å². The van der Waals surface area contributed by atoms with Crippen LogP contribution in [0.4, 0.5) is 8.78 Å². The van der Waals surface area contributed by atoms with E-state index >= 15 is 8.78 Å². The van der Waals surface area contributed by atoms with Crippen LogP contribution >= 0.6 is 0 Å². The van der Waals surface area contributed by atoms with Crippen LogP contribution in [0.1, 0.15) is 134 Å². The second-order valence-corrected chi connectivity index (χ2v) is 22.9. The van der Waals surface area contributed by atoms with Gasteiger partial charge < -0.3 is 49.7 Å². The van der Waals surface area contributed by atoms with Gasteiger partial charge in [0.15, 0.2) is 11.5 Å². The first kappa shape index (κ1) is 57.0. The van der Waals surface area contributed by atoms with Crippen LogP contribution in [0, 0.1) is 46.3 Å². The lowest BCUT2D eigenvalue weighted by molar-refractivity contribution is -0.234. The van der Waals surface area contributed by atoms with E-state index in [1.807, 2.05) is 25.7 Å². The summed E-state index contributed by atoms with van der Waals surface area (Å²) in [7, 11) is 1.18. The van der Waals surface area contributed by atoms with Crippen LogP contribution in [-0.4, -0.2) is 162 Å². The molecule has 0 aromatic rings. The maximum Gasteiger partial charge on any atom is 0.351 e. The highest BCUT2D eigenvalue weighted by Gasteiger charge is 2.78. The van der Waals surface area contributed by atoms with Crippen molar-refractivity contribution in [1.29, 1.82) is 0 Å². The third-order valence-electron chi connectivity index (χ3n) is 18.0. The Hall–Kier alpha value is -2.90. The van der Waals surface area contributed by atoms with Crippen molar-refractivity contribution in [3.8, 4) is 0 Å². The normalized spacial score (nSPS) is 44.7. The average molecular weight is 983 g/mol. The molecule has 17 heteroatoms. The lowest BCUT2D eigenvalue weighted by atomic mass is 9.45. The molecule has 5 aliphatic rings. The van der Waals surface area contributed by atoms with Crippen molar-refractivity contribution in [1.82, 2.24) is 9.80 Å². The number of nitrogens with zero attached hydrogens (tertiary/aromatic N) is 2. The van der Waals surface area contributed by atoms with E-state index < -0.39 is 123 Å². The number of hydrogen-bond donors (Lipinski definition) is 6. The fourth-order valence-electron chi connectivity index (χ4n) is 13.8. The molecular formula is C52H84F2N2O13. The molecule has 3 fully saturated rings. The topological polar surface area (TPSA) is 224 Å². The highest BCUT2D eigenvalue weighted by Crippen LogP contribution is 2.72. The molecule has 0 bridgehead atoms. The summed E-state index contributed by atoms with van der Waals surface area (Å²) in [6, 6.07) is -0.777. The Kier molecular flexibility index (Phi) is 17.3. The lowest BCUT2D eigenvalue weighted by Crippen LogP contribution is -2.70. The molecule has 0 radical (unpaired) electrons. The predicted octanol–water partition coefficient (Wildman–Crippen LogP) is 4.76. The monoisotopic (exact) mass is 983 g/mol. The number of esters is 3. The fourth-order valence-corrected chi connectivity index (χ4v) is 13.8. The number of fused-ring (bicyclic) bond motifs is 5. The molecule has 6 N–H and O–H groups in total. The Labute approximate surface area is 408 Å². The van der Waals surface area contributed by atoms with Crippen LogP contribution in [0.25, 0.3) is 0 Å². The molecule has 0 aromatic heterocycles. The second kappa shape index (κ2) is 20.9. The zero-order chi connectivity index (χ0) is 52.1. The number of carbonyl (C=O) groups excluding carboxylic acids is 4. The van der Waals surface area contributed by atoms with Crippen molar-refractivity contribution in [3.05, 3.63) is 23.6 Å². The van der Waals surface area contributed by atoms with Crippen molar-refractivity contribution in [2.45, 2.75) is 200 Å². The van der Waals surface area contributed by atoms with Gasteiger partial charge in [0, 0.05) is 66.6 Å². The molecule has 2 saturated carbocycles. The molecule has 69 heavy (non-hydrogen) atoms. The van der Waals surface area contributed by atoms with Crippen molar-refractivity contribution in [3.63, 3.8) is 0 Å². The molecule has 1 saturated heterocycles. The zero-order valence-electron chi connectivity index (χ0n) is 43.3. The van der Waals surface area contributed by atoms with E-state index in [-0.39, 0.29) is 74.8 Å². The quantitative estimate of drug-likeness (QED) is 0.121. The van der Waals surface area contributed by atoms with Gasteiger partial charge in [-0.2, -0.15) is 0 Å². The van der Waals surface area contributed by atoms with Gasteiger partial charge in [-0.3, -0.25) is 19.3 Å². The number of hydrogen-bond acceptors (Lipinski definition) is 15. The van der Waals surface area contributed by atoms with Crippen LogP contribution in [0.3, 0.4) is 0 Å². The lowest BCUT2D eigenvalue weighted by Gasteiger charge is -2.62. The molecule has 5 rings (SSSR count). The number of aliphatic hydroxyl groups excluding tert-OH is 4. The summed E-state index contributed by atoms with van der Waals surface area (Å²) >= 11 is 0. The van der Waals surface area contributed by atoms with E-state index in [9.17, 15) is 49.8 Å². The molecule has 0 aromatic carbocycles. The average Bonchev–Trinajstić information content (AvgIpc) is 3.49. The van der Waals surface area contributed by atoms with Gasteiger partial charge in [-0.15, -0.1) is 0 Å². The molecule has 4 aliphatic carbocycles. The summed E-state index contributed by atoms with van der Waals surface area (Å²) in [5.74, 6) is -8.16. The van der Waals surface area contributed by atoms with Crippen LogP contribution in [-0.2, 0) is 33.4 Å². The van der Waals surface area contributed by atoms with Crippen LogP contribution in [0.2, 0.25) is 0 Å². The van der Waals surface area contributed by atoms with Gasteiger partial charge in [0.1, 0.15) is 23.6 Å². The van der Waals surface area contributed by atoms with E-state index in [0.717, 1.165) is 0 Å². The van der Waals surface area contributed by atoms with Crippen LogP contribution in [0.5, 0.6) is 0 Å². The molecule has 0 amide bonds. The number of allylic oxidation sites excluding steroid dienone is 4. The maximum absolute atomic E-state index is 17.9. The number of aliphatic hydroxyl groups is 6. The Morgan fingerprint density at radius 3 is 2.20 bits per heavy atom. The van der Waals surface area contributed by atoms with Gasteiger partial charge in [0.05, 0.1) is 43.4 Å². The molecule has 2 unspecified atom stereocenters. The Morgan fingerprint density at radius 1 is 0.971 bits per heavy atom. The van der Waals surface area contributed by atoms with Crippen molar-refractivity contribution >= 4 is 23.7 Å². The molecule has 18 atom stereocenters. The minimum atomic E-state index is -2.38. The number of cyclic esters (lactones) is 1.